The number of hydrogen-bond acceptors (Lipinski definition) is 5. The molecule has 1 saturated heterocycles. The largest absolute Gasteiger partial charge is 0.384 e. The van der Waals surface area contributed by atoms with E-state index in [0.29, 0.717) is 4.57 Å². The fraction of sp³-hybridized carbons (Fsp3) is 0.545. The number of nitrogens with two attached hydrogens (primary N) is 1. The zero-order chi connectivity index (χ0) is 14.4. The fourth-order valence-electron chi connectivity index (χ4n) is 1.98. The number of nitrogen functional groups attached to an aromatic ring is 1. The summed E-state index contributed by atoms with van der Waals surface area (Å²) >= 11 is 0. The Bertz CT molecular complexity index is 532. The quantitative estimate of drug-likeness (QED) is 0.803. The van der Waals surface area contributed by atoms with Gasteiger partial charge in [-0.25, -0.2) is 4.79 Å². The highest BCUT2D eigenvalue weighted by molar-refractivity contribution is 5.23. The van der Waals surface area contributed by atoms with E-state index in [1.54, 1.807) is 0 Å². The summed E-state index contributed by atoms with van der Waals surface area (Å²) in [6, 6.07) is 1.20. The number of nitrogens with zero attached hydrogens (tertiary/aromatic N) is 2. The van der Waals surface area contributed by atoms with Crippen LogP contribution in [0.25, 0.3) is 0 Å². The van der Waals surface area contributed by atoms with Gasteiger partial charge in [0.25, 0.3) is 0 Å². The molecule has 1 aliphatic rings. The van der Waals surface area contributed by atoms with Crippen LogP contribution in [0.2, 0.25) is 0 Å². The lowest BCUT2D eigenvalue weighted by Gasteiger charge is -2.21. The van der Waals surface area contributed by atoms with E-state index in [1.807, 2.05) is 0 Å². The van der Waals surface area contributed by atoms with Gasteiger partial charge < -0.3 is 15.6 Å². The molecular weight excluding hydrogens is 260 g/mol. The zero-order valence-electron chi connectivity index (χ0n) is 10.2. The minimum Gasteiger partial charge on any atom is -0.384 e. The Labute approximate surface area is 107 Å². The molecule has 0 bridgehead atoms. The molecule has 19 heavy (non-hydrogen) atoms. The van der Waals surface area contributed by atoms with Gasteiger partial charge in [0.1, 0.15) is 11.9 Å². The lowest BCUT2D eigenvalue weighted by atomic mass is 10.00. The van der Waals surface area contributed by atoms with Crippen LogP contribution in [-0.4, -0.2) is 32.8 Å². The van der Waals surface area contributed by atoms with Crippen LogP contribution in [0.3, 0.4) is 0 Å². The van der Waals surface area contributed by atoms with Crippen LogP contribution >= 0.6 is 0 Å². The summed E-state index contributed by atoms with van der Waals surface area (Å²) in [5.41, 5.74) is 4.32. The molecule has 1 fully saturated rings. The van der Waals surface area contributed by atoms with Gasteiger partial charge in [0.05, 0.1) is 6.10 Å². The van der Waals surface area contributed by atoms with Crippen LogP contribution in [0.15, 0.2) is 17.1 Å². The molecule has 0 amide bonds. The maximum absolute atomic E-state index is 14.0. The van der Waals surface area contributed by atoms with Gasteiger partial charge in [0.15, 0.2) is 0 Å². The summed E-state index contributed by atoms with van der Waals surface area (Å²) in [5, 5.41) is 9.59. The van der Waals surface area contributed by atoms with E-state index in [4.69, 9.17) is 10.5 Å². The highest BCUT2D eigenvalue weighted by Crippen LogP contribution is 2.44. The number of aliphatic hydroxyl groups excluding tert-OH is 1. The van der Waals surface area contributed by atoms with E-state index in [2.05, 4.69) is 11.9 Å². The highest BCUT2D eigenvalue weighted by Gasteiger charge is 2.60. The minimum atomic E-state index is -3.61. The fourth-order valence-corrected chi connectivity index (χ4v) is 1.98. The smallest absolute Gasteiger partial charge is 0.351 e. The summed E-state index contributed by atoms with van der Waals surface area (Å²) in [5.74, 6) is -4.26. The van der Waals surface area contributed by atoms with Crippen molar-refractivity contribution in [3.05, 3.63) is 29.7 Å². The molecule has 1 aliphatic heterocycles. The predicted octanol–water partition coefficient (Wildman–Crippen LogP) is 0.189. The molecule has 0 aliphatic carbocycles. The van der Waals surface area contributed by atoms with Crippen molar-refractivity contribution in [2.45, 2.75) is 31.3 Å². The van der Waals surface area contributed by atoms with Gasteiger partial charge in [-0.1, -0.05) is 6.92 Å². The van der Waals surface area contributed by atoms with Gasteiger partial charge in [-0.15, -0.1) is 0 Å². The topological polar surface area (TPSA) is 90.4 Å². The first-order valence-electron chi connectivity index (χ1n) is 5.64. The van der Waals surface area contributed by atoms with Crippen molar-refractivity contribution < 1.29 is 18.6 Å². The minimum absolute atomic E-state index is 0.0785. The molecule has 1 aromatic heterocycles. The molecule has 1 radical (unpaired) electrons. The molecule has 8 heteroatoms. The van der Waals surface area contributed by atoms with Gasteiger partial charge in [0.2, 0.25) is 6.23 Å². The lowest BCUT2D eigenvalue weighted by molar-refractivity contribution is -0.140. The van der Waals surface area contributed by atoms with Crippen molar-refractivity contribution in [3.8, 4) is 0 Å². The average Bonchev–Trinajstić information content (AvgIpc) is 2.52. The molecule has 0 aromatic carbocycles. The molecule has 2 rings (SSSR count). The molecule has 0 saturated carbocycles. The first kappa shape index (κ1) is 13.9. The number of aromatic nitrogens is 2. The van der Waals surface area contributed by atoms with Crippen molar-refractivity contribution in [2.24, 2.45) is 5.92 Å². The Kier molecular flexibility index (Phi) is 3.31. The Morgan fingerprint density at radius 2 is 2.32 bits per heavy atom. The van der Waals surface area contributed by atoms with Crippen molar-refractivity contribution in [1.82, 2.24) is 9.55 Å². The third kappa shape index (κ3) is 2.21. The lowest BCUT2D eigenvalue weighted by Crippen LogP contribution is -2.42. The van der Waals surface area contributed by atoms with Crippen molar-refractivity contribution in [2.75, 3.05) is 5.73 Å². The second kappa shape index (κ2) is 4.53. The van der Waals surface area contributed by atoms with E-state index in [-0.39, 0.29) is 5.82 Å². The maximum Gasteiger partial charge on any atom is 0.351 e. The number of anilines is 1. The maximum atomic E-state index is 14.0. The van der Waals surface area contributed by atoms with Crippen LogP contribution < -0.4 is 11.4 Å². The van der Waals surface area contributed by atoms with Crippen LogP contribution in [-0.2, 0) is 4.74 Å². The van der Waals surface area contributed by atoms with Gasteiger partial charge >= 0.3 is 11.6 Å². The first-order valence-corrected chi connectivity index (χ1v) is 5.64. The Morgan fingerprint density at radius 3 is 2.79 bits per heavy atom. The van der Waals surface area contributed by atoms with E-state index in [9.17, 15) is 18.7 Å². The van der Waals surface area contributed by atoms with E-state index in [1.165, 1.54) is 13.0 Å². The average molecular weight is 274 g/mol. The molecule has 0 unspecified atom stereocenters. The summed E-state index contributed by atoms with van der Waals surface area (Å²) < 4.78 is 33.6. The van der Waals surface area contributed by atoms with Crippen LogP contribution in [0.1, 0.15) is 13.2 Å². The number of hydrogen-bond donors (Lipinski definition) is 2. The van der Waals surface area contributed by atoms with Gasteiger partial charge in [-0.3, -0.25) is 4.57 Å². The van der Waals surface area contributed by atoms with E-state index >= 15 is 0 Å². The normalized spacial score (nSPS) is 29.9. The van der Waals surface area contributed by atoms with Crippen LogP contribution in [0.5, 0.6) is 0 Å². The molecule has 1 aromatic rings. The van der Waals surface area contributed by atoms with Crippen molar-refractivity contribution in [1.29, 1.82) is 0 Å². The summed E-state index contributed by atoms with van der Waals surface area (Å²) in [6.45, 7) is 5.10. The Morgan fingerprint density at radius 1 is 1.68 bits per heavy atom. The molecule has 2 heterocycles. The van der Waals surface area contributed by atoms with E-state index < -0.39 is 36.0 Å². The highest BCUT2D eigenvalue weighted by atomic mass is 19.3. The molecular formula is C11H14F2N3O3. The standard InChI is InChI=1S/C11H14F2N3O3/c1-5(2)7-8(17)11(12,13)9(19-7)16-4-3-6(14)15-10(16)18/h3-5,7-9,17H,1H2,2H3,(H2,14,15,18)/t5-,7+,8-,9-/m1/s1. The Balaban J connectivity index is 2.42. The monoisotopic (exact) mass is 274 g/mol. The Hall–Kier alpha value is -1.54. The van der Waals surface area contributed by atoms with Crippen LogP contribution in [0.4, 0.5) is 14.6 Å². The molecule has 4 atom stereocenters. The third-order valence-electron chi connectivity index (χ3n) is 2.99. The number of halogens is 2. The molecule has 3 N–H and O–H groups in total. The number of ether oxygens (including phenoxy) is 1. The number of aliphatic hydroxyl groups is 1. The summed E-state index contributed by atoms with van der Waals surface area (Å²) in [7, 11) is 0. The third-order valence-corrected chi connectivity index (χ3v) is 2.99. The second-order valence-corrected chi connectivity index (χ2v) is 4.59. The predicted molar refractivity (Wildman–Crippen MR) is 62.3 cm³/mol. The summed E-state index contributed by atoms with van der Waals surface area (Å²) in [6.07, 6.45) is -4.05. The molecule has 105 valence electrons. The van der Waals surface area contributed by atoms with Gasteiger partial charge in [-0.2, -0.15) is 13.8 Å². The van der Waals surface area contributed by atoms with Gasteiger partial charge in [0, 0.05) is 6.20 Å². The first-order chi connectivity index (χ1) is 8.75. The van der Waals surface area contributed by atoms with Crippen molar-refractivity contribution >= 4 is 5.82 Å². The van der Waals surface area contributed by atoms with Gasteiger partial charge in [-0.05, 0) is 18.9 Å². The van der Waals surface area contributed by atoms with Crippen molar-refractivity contribution in [3.63, 3.8) is 0 Å². The SMILES string of the molecule is [CH2][C@H](C)[C@@H]1O[C@@H](n2ccc(N)nc2=O)C(F)(F)[C@@H]1O. The number of rotatable bonds is 2. The number of alkyl halides is 2. The summed E-state index contributed by atoms with van der Waals surface area (Å²) in [4.78, 5) is 14.9. The second-order valence-electron chi connectivity index (χ2n) is 4.59. The molecule has 0 spiro atoms. The van der Waals surface area contributed by atoms with E-state index in [0.717, 1.165) is 6.20 Å². The zero-order valence-corrected chi connectivity index (χ0v) is 10.2. The van der Waals surface area contributed by atoms with Crippen LogP contribution in [0, 0.1) is 12.8 Å². The molecule has 6 nitrogen and oxygen atoms in total.